The number of nitrogens with two attached hydrogens (primary N) is 1. The minimum atomic E-state index is -0.711. The number of halogens is 3. The summed E-state index contributed by atoms with van der Waals surface area (Å²) in [6, 6.07) is 6.36. The van der Waals surface area contributed by atoms with Crippen molar-refractivity contribution < 1.29 is 19.1 Å². The Bertz CT molecular complexity index is 924. The maximum absolute atomic E-state index is 13.2. The zero-order valence-electron chi connectivity index (χ0n) is 11.4. The van der Waals surface area contributed by atoms with Crippen molar-refractivity contribution in [2.45, 2.75) is 0 Å². The van der Waals surface area contributed by atoms with Gasteiger partial charge in [-0.3, -0.25) is 9.59 Å². The van der Waals surface area contributed by atoms with Crippen LogP contribution in [0.15, 0.2) is 39.8 Å². The number of phenolic OH excluding ortho intramolecular Hbond substituents is 1. The van der Waals surface area contributed by atoms with E-state index >= 15 is 0 Å². The number of nitrogen functional groups attached to an aromatic ring is 1. The first-order valence-corrected chi connectivity index (χ1v) is 7.56. The zero-order chi connectivity index (χ0) is 16.9. The van der Waals surface area contributed by atoms with Crippen LogP contribution in [0.3, 0.4) is 0 Å². The van der Waals surface area contributed by atoms with Crippen LogP contribution < -0.4 is 5.73 Å². The number of fused-ring (bicyclic) bond motifs is 1. The van der Waals surface area contributed by atoms with Crippen molar-refractivity contribution in [3.63, 3.8) is 0 Å². The summed E-state index contributed by atoms with van der Waals surface area (Å²) < 4.78 is 13.5. The first kappa shape index (κ1) is 15.7. The molecule has 0 aromatic heterocycles. The standard InChI is InChI=1S/C16H8BrClFNO3/c17-9-5-6(19)1-2-7(9)11-13(18)16(23)12-8(14(11)21)3-4-10(20)15(12)22/h1-5,22H,20H2. The summed E-state index contributed by atoms with van der Waals surface area (Å²) in [5.41, 5.74) is 5.55. The summed E-state index contributed by atoms with van der Waals surface area (Å²) in [5.74, 6) is -2.24. The lowest BCUT2D eigenvalue weighted by atomic mass is 9.85. The Balaban J connectivity index is 2.29. The van der Waals surface area contributed by atoms with Gasteiger partial charge in [-0.2, -0.15) is 0 Å². The number of carbonyl (C=O) groups excluding carboxylic acids is 2. The fourth-order valence-electron chi connectivity index (χ4n) is 2.42. The Labute approximate surface area is 143 Å². The number of phenols is 1. The van der Waals surface area contributed by atoms with Crippen LogP contribution >= 0.6 is 27.5 Å². The molecule has 2 aromatic carbocycles. The molecule has 0 bridgehead atoms. The molecule has 3 rings (SSSR count). The maximum Gasteiger partial charge on any atom is 0.209 e. The average Bonchev–Trinajstić information content (AvgIpc) is 2.50. The van der Waals surface area contributed by atoms with Crippen molar-refractivity contribution in [3.8, 4) is 5.75 Å². The van der Waals surface area contributed by atoms with E-state index in [2.05, 4.69) is 15.9 Å². The highest BCUT2D eigenvalue weighted by Crippen LogP contribution is 2.41. The van der Waals surface area contributed by atoms with Gasteiger partial charge in [-0.05, 0) is 24.3 Å². The van der Waals surface area contributed by atoms with Crippen LogP contribution in [-0.2, 0) is 0 Å². The van der Waals surface area contributed by atoms with Gasteiger partial charge in [-0.15, -0.1) is 0 Å². The van der Waals surface area contributed by atoms with E-state index in [1.165, 1.54) is 24.3 Å². The van der Waals surface area contributed by atoms with E-state index in [-0.39, 0.29) is 37.5 Å². The van der Waals surface area contributed by atoms with Crippen LogP contribution in [0.2, 0.25) is 0 Å². The molecular formula is C16H8BrClFNO3. The molecule has 7 heteroatoms. The van der Waals surface area contributed by atoms with Gasteiger partial charge >= 0.3 is 0 Å². The summed E-state index contributed by atoms with van der Waals surface area (Å²) in [5, 5.41) is 9.61. The maximum atomic E-state index is 13.2. The Morgan fingerprint density at radius 3 is 2.39 bits per heavy atom. The van der Waals surface area contributed by atoms with E-state index in [9.17, 15) is 19.1 Å². The second kappa shape index (κ2) is 5.47. The fraction of sp³-hybridized carbons (Fsp3) is 0. The number of benzene rings is 2. The van der Waals surface area contributed by atoms with Crippen molar-refractivity contribution in [1.29, 1.82) is 0 Å². The van der Waals surface area contributed by atoms with Crippen molar-refractivity contribution in [3.05, 3.63) is 62.3 Å². The number of rotatable bonds is 1. The number of ketones is 2. The Morgan fingerprint density at radius 2 is 1.74 bits per heavy atom. The second-order valence-corrected chi connectivity index (χ2v) is 6.13. The third-order valence-electron chi connectivity index (χ3n) is 3.53. The summed E-state index contributed by atoms with van der Waals surface area (Å²) in [6.07, 6.45) is 0. The summed E-state index contributed by atoms with van der Waals surface area (Å²) >= 11 is 9.23. The van der Waals surface area contributed by atoms with E-state index in [0.29, 0.717) is 0 Å². The molecule has 0 radical (unpaired) electrons. The molecule has 0 saturated heterocycles. The van der Waals surface area contributed by atoms with Crippen LogP contribution in [0, 0.1) is 5.82 Å². The molecule has 0 spiro atoms. The zero-order valence-corrected chi connectivity index (χ0v) is 13.7. The lowest BCUT2D eigenvalue weighted by molar-refractivity contribution is 0.0995. The van der Waals surface area contributed by atoms with Crippen LogP contribution in [0.4, 0.5) is 10.1 Å². The molecule has 4 nitrogen and oxygen atoms in total. The molecule has 0 saturated carbocycles. The lowest BCUT2D eigenvalue weighted by Crippen LogP contribution is -2.20. The van der Waals surface area contributed by atoms with Gasteiger partial charge in [0, 0.05) is 15.6 Å². The molecule has 0 amide bonds. The minimum absolute atomic E-state index is 0.00248. The number of carbonyl (C=O) groups is 2. The average molecular weight is 397 g/mol. The number of allylic oxidation sites excluding steroid dienone is 2. The van der Waals surface area contributed by atoms with Gasteiger partial charge in [0.05, 0.1) is 16.8 Å². The summed E-state index contributed by atoms with van der Waals surface area (Å²) in [4.78, 5) is 25.2. The fourth-order valence-corrected chi connectivity index (χ4v) is 3.25. The van der Waals surface area contributed by atoms with E-state index in [1.807, 2.05) is 0 Å². The first-order chi connectivity index (χ1) is 10.8. The number of anilines is 1. The quantitative estimate of drug-likeness (QED) is 0.566. The minimum Gasteiger partial charge on any atom is -0.505 e. The highest BCUT2D eigenvalue weighted by Gasteiger charge is 2.35. The molecule has 0 aliphatic heterocycles. The molecule has 0 heterocycles. The first-order valence-electron chi connectivity index (χ1n) is 6.39. The molecule has 2 aromatic rings. The van der Waals surface area contributed by atoms with Gasteiger partial charge in [0.2, 0.25) is 5.78 Å². The molecule has 1 aliphatic rings. The Morgan fingerprint density at radius 1 is 1.09 bits per heavy atom. The van der Waals surface area contributed by atoms with Crippen LogP contribution in [0.25, 0.3) is 5.57 Å². The lowest BCUT2D eigenvalue weighted by Gasteiger charge is -2.20. The van der Waals surface area contributed by atoms with Crippen LogP contribution in [0.1, 0.15) is 26.3 Å². The highest BCUT2D eigenvalue weighted by molar-refractivity contribution is 9.10. The van der Waals surface area contributed by atoms with Crippen LogP contribution in [-0.4, -0.2) is 16.7 Å². The summed E-state index contributed by atoms with van der Waals surface area (Å²) in [7, 11) is 0. The normalized spacial score (nSPS) is 14.2. The SMILES string of the molecule is Nc1ccc2c(c1O)C(=O)C(Cl)=C(c1ccc(F)cc1Br)C2=O. The van der Waals surface area contributed by atoms with Gasteiger partial charge in [0.1, 0.15) is 16.6 Å². The smallest absolute Gasteiger partial charge is 0.209 e. The predicted molar refractivity (Wildman–Crippen MR) is 88.1 cm³/mol. The van der Waals surface area contributed by atoms with Gasteiger partial charge < -0.3 is 10.8 Å². The predicted octanol–water partition coefficient (Wildman–Crippen LogP) is 3.91. The van der Waals surface area contributed by atoms with Crippen molar-refractivity contribution in [2.24, 2.45) is 0 Å². The van der Waals surface area contributed by atoms with Gasteiger partial charge in [0.15, 0.2) is 5.78 Å². The monoisotopic (exact) mass is 395 g/mol. The Hall–Kier alpha value is -2.18. The second-order valence-electron chi connectivity index (χ2n) is 4.90. The van der Waals surface area contributed by atoms with Crippen molar-refractivity contribution in [2.75, 3.05) is 5.73 Å². The molecule has 0 atom stereocenters. The van der Waals surface area contributed by atoms with E-state index in [1.54, 1.807) is 0 Å². The number of aromatic hydroxyl groups is 1. The van der Waals surface area contributed by atoms with E-state index in [0.717, 1.165) is 6.07 Å². The molecular weight excluding hydrogens is 389 g/mol. The molecule has 1 aliphatic carbocycles. The number of hydrogen-bond acceptors (Lipinski definition) is 4. The van der Waals surface area contributed by atoms with Crippen LogP contribution in [0.5, 0.6) is 5.75 Å². The molecule has 3 N–H and O–H groups in total. The molecule has 23 heavy (non-hydrogen) atoms. The summed E-state index contributed by atoms with van der Waals surface area (Å²) in [6.45, 7) is 0. The molecule has 116 valence electrons. The third kappa shape index (κ3) is 2.34. The van der Waals surface area contributed by atoms with E-state index < -0.39 is 23.1 Å². The van der Waals surface area contributed by atoms with Crippen molar-refractivity contribution in [1.82, 2.24) is 0 Å². The highest BCUT2D eigenvalue weighted by atomic mass is 79.9. The topological polar surface area (TPSA) is 80.4 Å². The van der Waals surface area contributed by atoms with Gasteiger partial charge in [-0.25, -0.2) is 4.39 Å². The third-order valence-corrected chi connectivity index (χ3v) is 4.54. The van der Waals surface area contributed by atoms with E-state index in [4.69, 9.17) is 17.3 Å². The van der Waals surface area contributed by atoms with Gasteiger partial charge in [0.25, 0.3) is 0 Å². The number of hydrogen-bond donors (Lipinski definition) is 2. The van der Waals surface area contributed by atoms with Crippen molar-refractivity contribution >= 4 is 50.4 Å². The van der Waals surface area contributed by atoms with Gasteiger partial charge in [-0.1, -0.05) is 33.6 Å². The largest absolute Gasteiger partial charge is 0.505 e. The molecule has 0 unspecified atom stereocenters. The number of Topliss-reactive ketones (excluding diaryl/α,β-unsaturated/α-hetero) is 2. The Kier molecular flexibility index (Phi) is 3.74. The molecule has 0 fully saturated rings.